The third kappa shape index (κ3) is 4.54. The maximum atomic E-state index is 12.1. The van der Waals surface area contributed by atoms with E-state index in [1.807, 2.05) is 12.1 Å². The van der Waals surface area contributed by atoms with E-state index < -0.39 is 27.7 Å². The van der Waals surface area contributed by atoms with E-state index in [2.05, 4.69) is 24.5 Å². The van der Waals surface area contributed by atoms with E-state index in [4.69, 9.17) is 0 Å². The Labute approximate surface area is 136 Å². The summed E-state index contributed by atoms with van der Waals surface area (Å²) < 4.78 is 22.8. The summed E-state index contributed by atoms with van der Waals surface area (Å²) in [5.74, 6) is -1.36. The molecule has 0 saturated carbocycles. The third-order valence-electron chi connectivity index (χ3n) is 4.13. The second kappa shape index (κ2) is 7.12. The van der Waals surface area contributed by atoms with Gasteiger partial charge in [-0.3, -0.25) is 9.59 Å². The molecule has 0 bridgehead atoms. The molecule has 0 aromatic heterocycles. The molecular weight excluding hydrogens is 316 g/mol. The fourth-order valence-electron chi connectivity index (χ4n) is 2.60. The van der Waals surface area contributed by atoms with Crippen molar-refractivity contribution in [1.29, 1.82) is 0 Å². The summed E-state index contributed by atoms with van der Waals surface area (Å²) in [6.45, 7) is 4.10. The summed E-state index contributed by atoms with van der Waals surface area (Å²) in [5, 5.41) is 5.11. The highest BCUT2D eigenvalue weighted by Crippen LogP contribution is 2.26. The number of hydrogen-bond acceptors (Lipinski definition) is 4. The molecular formula is C16H22N2O4S. The lowest BCUT2D eigenvalue weighted by atomic mass is 9.97. The second-order valence-corrected chi connectivity index (χ2v) is 8.15. The predicted molar refractivity (Wildman–Crippen MR) is 89.0 cm³/mol. The van der Waals surface area contributed by atoms with Crippen molar-refractivity contribution in [3.05, 3.63) is 29.8 Å². The molecule has 0 spiro atoms. The van der Waals surface area contributed by atoms with Gasteiger partial charge in [0, 0.05) is 11.7 Å². The first-order valence-corrected chi connectivity index (χ1v) is 9.55. The zero-order chi connectivity index (χ0) is 17.0. The Balaban J connectivity index is 2.01. The molecule has 126 valence electrons. The van der Waals surface area contributed by atoms with Crippen LogP contribution in [0.3, 0.4) is 0 Å². The van der Waals surface area contributed by atoms with Crippen molar-refractivity contribution in [2.45, 2.75) is 38.6 Å². The van der Waals surface area contributed by atoms with Crippen LogP contribution < -0.4 is 10.6 Å². The molecule has 1 aliphatic heterocycles. The highest BCUT2D eigenvalue weighted by Gasteiger charge is 2.30. The Kier molecular flexibility index (Phi) is 5.41. The summed E-state index contributed by atoms with van der Waals surface area (Å²) in [4.78, 5) is 24.0. The van der Waals surface area contributed by atoms with Gasteiger partial charge in [-0.1, -0.05) is 32.0 Å². The molecule has 1 fully saturated rings. The molecule has 23 heavy (non-hydrogen) atoms. The molecule has 1 heterocycles. The minimum absolute atomic E-state index is 0.0520. The quantitative estimate of drug-likeness (QED) is 0.813. The predicted octanol–water partition coefficient (Wildman–Crippen LogP) is 1.44. The van der Waals surface area contributed by atoms with Crippen LogP contribution in [0.15, 0.2) is 24.3 Å². The summed E-state index contributed by atoms with van der Waals surface area (Å²) in [6, 6.07) is 6.88. The monoisotopic (exact) mass is 338 g/mol. The van der Waals surface area contributed by atoms with Gasteiger partial charge in [0.15, 0.2) is 9.84 Å². The normalized spacial score (nSPS) is 20.7. The first-order chi connectivity index (χ1) is 10.8. The van der Waals surface area contributed by atoms with Crippen LogP contribution in [0.5, 0.6) is 0 Å². The zero-order valence-electron chi connectivity index (χ0n) is 13.3. The van der Waals surface area contributed by atoms with E-state index in [1.54, 1.807) is 12.1 Å². The molecule has 1 aromatic carbocycles. The van der Waals surface area contributed by atoms with Crippen molar-refractivity contribution in [3.63, 3.8) is 0 Å². The summed E-state index contributed by atoms with van der Waals surface area (Å²) >= 11 is 0. The molecule has 1 saturated heterocycles. The number of anilines is 1. The molecule has 1 aliphatic rings. The molecule has 7 heteroatoms. The number of sulfone groups is 1. The standard InChI is InChI=1S/C16H22N2O4S/c1-3-11(2)13-6-4-5-7-14(13)18-16(20)15(19)17-12-8-9-23(21,22)10-12/h4-7,11-12H,3,8-10H2,1-2H3,(H,17,19)(H,18,20). The van der Waals surface area contributed by atoms with Crippen LogP contribution in [-0.2, 0) is 19.4 Å². The number of carbonyl (C=O) groups is 2. The van der Waals surface area contributed by atoms with Gasteiger partial charge in [0.05, 0.1) is 11.5 Å². The number of para-hydroxylation sites is 1. The molecule has 2 rings (SSSR count). The number of rotatable bonds is 4. The highest BCUT2D eigenvalue weighted by molar-refractivity contribution is 7.91. The topological polar surface area (TPSA) is 92.3 Å². The molecule has 2 unspecified atom stereocenters. The molecule has 2 amide bonds. The Hall–Kier alpha value is -1.89. The fraction of sp³-hybridized carbons (Fsp3) is 0.500. The van der Waals surface area contributed by atoms with E-state index in [0.29, 0.717) is 12.1 Å². The lowest BCUT2D eigenvalue weighted by molar-refractivity contribution is -0.136. The smallest absolute Gasteiger partial charge is 0.313 e. The van der Waals surface area contributed by atoms with E-state index in [0.717, 1.165) is 12.0 Å². The Morgan fingerprint density at radius 1 is 1.26 bits per heavy atom. The number of hydrogen-bond donors (Lipinski definition) is 2. The minimum atomic E-state index is -3.09. The van der Waals surface area contributed by atoms with Crippen molar-refractivity contribution < 1.29 is 18.0 Å². The second-order valence-electron chi connectivity index (χ2n) is 5.92. The molecule has 0 aliphatic carbocycles. The van der Waals surface area contributed by atoms with Crippen LogP contribution >= 0.6 is 0 Å². The van der Waals surface area contributed by atoms with Gasteiger partial charge in [0.1, 0.15) is 0 Å². The van der Waals surface area contributed by atoms with Gasteiger partial charge in [-0.2, -0.15) is 0 Å². The number of carbonyl (C=O) groups excluding carboxylic acids is 2. The summed E-state index contributed by atoms with van der Waals surface area (Å²) in [5.41, 5.74) is 1.58. The molecule has 2 atom stereocenters. The highest BCUT2D eigenvalue weighted by atomic mass is 32.2. The van der Waals surface area contributed by atoms with Gasteiger partial charge in [0.25, 0.3) is 0 Å². The first-order valence-electron chi connectivity index (χ1n) is 7.73. The van der Waals surface area contributed by atoms with E-state index in [-0.39, 0.29) is 17.4 Å². The van der Waals surface area contributed by atoms with E-state index >= 15 is 0 Å². The van der Waals surface area contributed by atoms with Gasteiger partial charge in [-0.25, -0.2) is 8.42 Å². The molecule has 1 aromatic rings. The number of nitrogens with one attached hydrogen (secondary N) is 2. The Morgan fingerprint density at radius 3 is 2.57 bits per heavy atom. The van der Waals surface area contributed by atoms with Crippen LogP contribution in [0.25, 0.3) is 0 Å². The minimum Gasteiger partial charge on any atom is -0.344 e. The lowest BCUT2D eigenvalue weighted by Crippen LogP contribution is -2.42. The van der Waals surface area contributed by atoms with Crippen molar-refractivity contribution in [1.82, 2.24) is 5.32 Å². The van der Waals surface area contributed by atoms with Gasteiger partial charge >= 0.3 is 11.8 Å². The van der Waals surface area contributed by atoms with Crippen molar-refractivity contribution >= 4 is 27.3 Å². The van der Waals surface area contributed by atoms with Gasteiger partial charge in [-0.15, -0.1) is 0 Å². The maximum absolute atomic E-state index is 12.1. The maximum Gasteiger partial charge on any atom is 0.313 e. The third-order valence-corrected chi connectivity index (χ3v) is 5.89. The van der Waals surface area contributed by atoms with Crippen LogP contribution in [0.2, 0.25) is 0 Å². The first kappa shape index (κ1) is 17.5. The number of amides is 2. The molecule has 6 nitrogen and oxygen atoms in total. The Morgan fingerprint density at radius 2 is 1.96 bits per heavy atom. The van der Waals surface area contributed by atoms with Crippen LogP contribution in [-0.4, -0.2) is 37.8 Å². The fourth-order valence-corrected chi connectivity index (χ4v) is 4.27. The van der Waals surface area contributed by atoms with Crippen molar-refractivity contribution in [2.24, 2.45) is 0 Å². The van der Waals surface area contributed by atoms with Gasteiger partial charge in [-0.05, 0) is 30.4 Å². The SMILES string of the molecule is CCC(C)c1ccccc1NC(=O)C(=O)NC1CCS(=O)(=O)C1. The summed E-state index contributed by atoms with van der Waals surface area (Å²) in [6.07, 6.45) is 1.27. The van der Waals surface area contributed by atoms with Crippen LogP contribution in [0.4, 0.5) is 5.69 Å². The Bertz CT molecular complexity index is 700. The largest absolute Gasteiger partial charge is 0.344 e. The average Bonchev–Trinajstić information content (AvgIpc) is 2.85. The van der Waals surface area contributed by atoms with Crippen molar-refractivity contribution in [3.8, 4) is 0 Å². The van der Waals surface area contributed by atoms with Crippen molar-refractivity contribution in [2.75, 3.05) is 16.8 Å². The van der Waals surface area contributed by atoms with Crippen LogP contribution in [0, 0.1) is 0 Å². The van der Waals surface area contributed by atoms with E-state index in [1.165, 1.54) is 0 Å². The summed E-state index contributed by atoms with van der Waals surface area (Å²) in [7, 11) is -3.09. The molecule has 0 radical (unpaired) electrons. The van der Waals surface area contributed by atoms with Gasteiger partial charge < -0.3 is 10.6 Å². The average molecular weight is 338 g/mol. The zero-order valence-corrected chi connectivity index (χ0v) is 14.2. The molecule has 2 N–H and O–H groups in total. The number of benzene rings is 1. The van der Waals surface area contributed by atoms with E-state index in [9.17, 15) is 18.0 Å². The van der Waals surface area contributed by atoms with Crippen LogP contribution in [0.1, 0.15) is 38.2 Å². The lowest BCUT2D eigenvalue weighted by Gasteiger charge is -2.16. The van der Waals surface area contributed by atoms with Gasteiger partial charge in [0.2, 0.25) is 0 Å².